The molecule has 0 fully saturated rings. The maximum atomic E-state index is 12.5. The summed E-state index contributed by atoms with van der Waals surface area (Å²) in [6.45, 7) is 7.28. The van der Waals surface area contributed by atoms with Gasteiger partial charge in [0.2, 0.25) is 5.91 Å². The van der Waals surface area contributed by atoms with Gasteiger partial charge in [-0.1, -0.05) is 20.8 Å². The van der Waals surface area contributed by atoms with Crippen molar-refractivity contribution < 1.29 is 14.7 Å². The van der Waals surface area contributed by atoms with Crippen LogP contribution in [0.2, 0.25) is 0 Å². The Morgan fingerprint density at radius 3 is 2.05 bits per heavy atom. The molecule has 0 aromatic carbocycles. The van der Waals surface area contributed by atoms with Crippen molar-refractivity contribution >= 4 is 11.9 Å². The van der Waals surface area contributed by atoms with Gasteiger partial charge in [0.25, 0.3) is 0 Å². The van der Waals surface area contributed by atoms with Crippen LogP contribution in [0.5, 0.6) is 0 Å². The Bertz CT molecular complexity index is 332. The maximum Gasteiger partial charge on any atom is 0.320 e. The minimum absolute atomic E-state index is 0.0368. The van der Waals surface area contributed by atoms with E-state index in [-0.39, 0.29) is 5.91 Å². The Labute approximate surface area is 128 Å². The molecule has 1 amide bonds. The molecule has 0 rings (SSSR count). The molecule has 2 unspecified atom stereocenters. The molecule has 0 aromatic rings. The lowest BCUT2D eigenvalue weighted by atomic mass is 10.0. The quantitative estimate of drug-likeness (QED) is 0.626. The van der Waals surface area contributed by atoms with Crippen LogP contribution in [0.3, 0.4) is 0 Å². The first-order valence-electron chi connectivity index (χ1n) is 7.57. The van der Waals surface area contributed by atoms with Gasteiger partial charge >= 0.3 is 5.97 Å². The minimum atomic E-state index is -0.907. The molecule has 0 saturated carbocycles. The molecule has 0 bridgehead atoms. The summed E-state index contributed by atoms with van der Waals surface area (Å²) in [4.78, 5) is 27.4. The van der Waals surface area contributed by atoms with E-state index in [1.165, 1.54) is 0 Å². The molecule has 0 aromatic heterocycles. The highest BCUT2D eigenvalue weighted by Crippen LogP contribution is 2.09. The van der Waals surface area contributed by atoms with Crippen LogP contribution in [0.1, 0.15) is 33.6 Å². The molecule has 0 saturated heterocycles. The Kier molecular flexibility index (Phi) is 9.21. The molecule has 21 heavy (non-hydrogen) atoms. The monoisotopic (exact) mass is 301 g/mol. The molecule has 2 N–H and O–H groups in total. The lowest BCUT2D eigenvalue weighted by Crippen LogP contribution is -2.52. The Hall–Kier alpha value is -1.14. The van der Waals surface area contributed by atoms with Crippen LogP contribution >= 0.6 is 0 Å². The van der Waals surface area contributed by atoms with Crippen LogP contribution in [0.4, 0.5) is 0 Å². The molecule has 0 aliphatic carbocycles. The zero-order valence-corrected chi connectivity index (χ0v) is 14.2. The molecular formula is C15H31N3O3. The Morgan fingerprint density at radius 2 is 1.67 bits per heavy atom. The van der Waals surface area contributed by atoms with Crippen LogP contribution in [0.25, 0.3) is 0 Å². The second kappa shape index (κ2) is 9.73. The number of carboxylic acid groups (broad SMARTS) is 1. The van der Waals surface area contributed by atoms with Crippen molar-refractivity contribution in [3.63, 3.8) is 0 Å². The number of nitrogens with zero attached hydrogens (tertiary/aromatic N) is 2. The first-order valence-corrected chi connectivity index (χ1v) is 7.57. The van der Waals surface area contributed by atoms with Gasteiger partial charge in [0.1, 0.15) is 6.04 Å². The first kappa shape index (κ1) is 19.9. The van der Waals surface area contributed by atoms with E-state index in [1.54, 1.807) is 18.9 Å². The maximum absolute atomic E-state index is 12.5. The number of amides is 1. The number of rotatable bonds is 10. The van der Waals surface area contributed by atoms with Crippen molar-refractivity contribution in [2.75, 3.05) is 34.2 Å². The van der Waals surface area contributed by atoms with Crippen molar-refractivity contribution in [3.8, 4) is 0 Å². The summed E-state index contributed by atoms with van der Waals surface area (Å²) in [5, 5.41) is 12.2. The molecule has 2 atom stereocenters. The molecule has 0 heterocycles. The number of hydrogen-bond acceptors (Lipinski definition) is 4. The summed E-state index contributed by atoms with van der Waals surface area (Å²) in [6.07, 6.45) is 1.09. The van der Waals surface area contributed by atoms with Crippen LogP contribution in [0.15, 0.2) is 0 Å². The average Bonchev–Trinajstić information content (AvgIpc) is 2.38. The minimum Gasteiger partial charge on any atom is -0.480 e. The lowest BCUT2D eigenvalue weighted by Gasteiger charge is -2.28. The number of carbonyl (C=O) groups is 2. The summed E-state index contributed by atoms with van der Waals surface area (Å²) in [7, 11) is 5.68. The number of hydrogen-bond donors (Lipinski definition) is 2. The second-order valence-corrected chi connectivity index (χ2v) is 6.21. The summed E-state index contributed by atoms with van der Waals surface area (Å²) >= 11 is 0. The van der Waals surface area contributed by atoms with Gasteiger partial charge in [0.15, 0.2) is 0 Å². The smallest absolute Gasteiger partial charge is 0.320 e. The largest absolute Gasteiger partial charge is 0.480 e. The van der Waals surface area contributed by atoms with Crippen LogP contribution < -0.4 is 5.32 Å². The molecular weight excluding hydrogens is 270 g/mol. The molecule has 124 valence electrons. The third-order valence-electron chi connectivity index (χ3n) is 3.37. The lowest BCUT2D eigenvalue weighted by molar-refractivity contribution is -0.140. The first-order chi connectivity index (χ1) is 9.68. The van der Waals surface area contributed by atoms with E-state index < -0.39 is 18.1 Å². The summed E-state index contributed by atoms with van der Waals surface area (Å²) in [6, 6.07) is -1.13. The molecule has 0 radical (unpaired) electrons. The van der Waals surface area contributed by atoms with Gasteiger partial charge in [-0.2, -0.15) is 0 Å². The fourth-order valence-corrected chi connectivity index (χ4v) is 2.04. The highest BCUT2D eigenvalue weighted by molar-refractivity contribution is 5.83. The van der Waals surface area contributed by atoms with Gasteiger partial charge in [0.05, 0.1) is 6.04 Å². The van der Waals surface area contributed by atoms with E-state index in [0.717, 1.165) is 6.54 Å². The van der Waals surface area contributed by atoms with Crippen molar-refractivity contribution in [2.24, 2.45) is 5.92 Å². The Morgan fingerprint density at radius 1 is 1.10 bits per heavy atom. The summed E-state index contributed by atoms with van der Waals surface area (Å²) in [5.41, 5.74) is 0. The van der Waals surface area contributed by atoms with Gasteiger partial charge in [-0.3, -0.25) is 14.9 Å². The molecule has 6 heteroatoms. The Balaban J connectivity index is 4.79. The normalized spacial score (nSPS) is 14.3. The highest BCUT2D eigenvalue weighted by Gasteiger charge is 2.27. The predicted octanol–water partition coefficient (Wildman–Crippen LogP) is 0.874. The molecule has 6 nitrogen and oxygen atoms in total. The zero-order chi connectivity index (χ0) is 16.6. The van der Waals surface area contributed by atoms with Crippen LogP contribution in [0, 0.1) is 5.92 Å². The van der Waals surface area contributed by atoms with E-state index in [1.807, 2.05) is 32.8 Å². The van der Waals surface area contributed by atoms with Gasteiger partial charge in [-0.05, 0) is 32.9 Å². The van der Waals surface area contributed by atoms with Crippen molar-refractivity contribution in [1.82, 2.24) is 15.1 Å². The molecule has 0 aliphatic rings. The zero-order valence-electron chi connectivity index (χ0n) is 14.2. The van der Waals surface area contributed by atoms with Crippen LogP contribution in [-0.2, 0) is 9.59 Å². The molecule has 0 spiro atoms. The van der Waals surface area contributed by atoms with Crippen molar-refractivity contribution in [1.29, 1.82) is 0 Å². The van der Waals surface area contributed by atoms with Gasteiger partial charge in [-0.15, -0.1) is 0 Å². The van der Waals surface area contributed by atoms with Crippen molar-refractivity contribution in [2.45, 2.75) is 45.7 Å². The number of aliphatic carboxylic acids is 1. The van der Waals surface area contributed by atoms with Gasteiger partial charge in [0, 0.05) is 20.1 Å². The SMILES string of the molecule is CCC(NC(CC(C)C)C(=O)N(C)CCN(C)C)C(=O)O. The van der Waals surface area contributed by atoms with E-state index in [4.69, 9.17) is 5.11 Å². The van der Waals surface area contributed by atoms with Crippen LogP contribution in [-0.4, -0.2) is 73.1 Å². The predicted molar refractivity (Wildman–Crippen MR) is 84.3 cm³/mol. The number of carboxylic acids is 1. The highest BCUT2D eigenvalue weighted by atomic mass is 16.4. The van der Waals surface area contributed by atoms with Gasteiger partial charge in [-0.25, -0.2) is 0 Å². The number of carbonyl (C=O) groups excluding carboxylic acids is 1. The third kappa shape index (κ3) is 8.02. The second-order valence-electron chi connectivity index (χ2n) is 6.21. The fraction of sp³-hybridized carbons (Fsp3) is 0.867. The van der Waals surface area contributed by atoms with Crippen molar-refractivity contribution in [3.05, 3.63) is 0 Å². The third-order valence-corrected chi connectivity index (χ3v) is 3.37. The summed E-state index contributed by atoms with van der Waals surface area (Å²) in [5.74, 6) is -0.625. The fourth-order valence-electron chi connectivity index (χ4n) is 2.04. The number of nitrogens with one attached hydrogen (secondary N) is 1. The van der Waals surface area contributed by atoms with E-state index >= 15 is 0 Å². The van der Waals surface area contributed by atoms with E-state index in [9.17, 15) is 9.59 Å². The topological polar surface area (TPSA) is 72.9 Å². The standard InChI is InChI=1S/C15H31N3O3/c1-7-12(15(20)21)16-13(10-11(2)3)14(19)18(6)9-8-17(4)5/h11-13,16H,7-10H2,1-6H3,(H,20,21). The van der Waals surface area contributed by atoms with E-state index in [2.05, 4.69) is 5.32 Å². The van der Waals surface area contributed by atoms with E-state index in [0.29, 0.717) is 25.3 Å². The summed E-state index contributed by atoms with van der Waals surface area (Å²) < 4.78 is 0. The average molecular weight is 301 g/mol. The van der Waals surface area contributed by atoms with Gasteiger partial charge < -0.3 is 14.9 Å². The molecule has 0 aliphatic heterocycles. The number of likely N-dealkylation sites (N-methyl/N-ethyl adjacent to an activating group) is 2.